The van der Waals surface area contributed by atoms with Gasteiger partial charge in [-0.25, -0.2) is 15.0 Å². The molecule has 0 N–H and O–H groups in total. The van der Waals surface area contributed by atoms with Gasteiger partial charge in [0.05, 0.1) is 33.6 Å². The fourth-order valence-corrected chi connectivity index (χ4v) is 7.34. The topological polar surface area (TPSA) is 64.5 Å². The van der Waals surface area contributed by atoms with E-state index in [1.807, 2.05) is 55.1 Å². The molecule has 5 aromatic carbocycles. The molecule has 0 spiro atoms. The number of fused-ring (bicyclic) bond motifs is 4. The lowest BCUT2D eigenvalue weighted by molar-refractivity contribution is 1.30. The zero-order valence-electron chi connectivity index (χ0n) is 29.1. The molecule has 0 bridgehead atoms. The van der Waals surface area contributed by atoms with Crippen LogP contribution < -0.4 is 0 Å². The van der Waals surface area contributed by atoms with E-state index in [-0.39, 0.29) is 0 Å². The van der Waals surface area contributed by atoms with Gasteiger partial charge >= 0.3 is 0 Å². The monoisotopic (exact) mass is 689 g/mol. The van der Waals surface area contributed by atoms with Gasteiger partial charge in [0.15, 0.2) is 0 Å². The van der Waals surface area contributed by atoms with Crippen LogP contribution in [0.15, 0.2) is 189 Å². The van der Waals surface area contributed by atoms with E-state index < -0.39 is 0 Å². The first kappa shape index (κ1) is 31.4. The molecule has 0 amide bonds. The van der Waals surface area contributed by atoms with Crippen molar-refractivity contribution in [2.24, 2.45) is 0 Å². The third kappa shape index (κ3) is 5.74. The number of rotatable bonds is 6. The molecule has 0 radical (unpaired) electrons. The Morgan fingerprint density at radius 2 is 0.833 bits per heavy atom. The Morgan fingerprint density at radius 1 is 0.296 bits per heavy atom. The first-order valence-electron chi connectivity index (χ1n) is 18.0. The Bertz CT molecular complexity index is 2850. The predicted octanol–water partition coefficient (Wildman–Crippen LogP) is 12.1. The molecule has 10 aromatic rings. The van der Waals surface area contributed by atoms with Crippen molar-refractivity contribution in [1.29, 1.82) is 0 Å². The standard InChI is InChI=1S/C49H31N5/c1-2-6-38(7-3-1)47-41-8-4-5-9-44(41)54-49-42(47)20-18-39-19-21-43(53-48(39)49)40-30-45(36-14-10-32(11-15-36)34-22-26-50-27-23-34)52-46(31-40)37-16-12-33(13-17-37)35-24-28-51-29-25-35/h1-31H. The van der Waals surface area contributed by atoms with Crippen LogP contribution in [0.25, 0.3) is 99.9 Å². The third-order valence-electron chi connectivity index (χ3n) is 10.1. The molecular formula is C49H31N5. The highest BCUT2D eigenvalue weighted by Gasteiger charge is 2.16. The average Bonchev–Trinajstić information content (AvgIpc) is 3.26. The van der Waals surface area contributed by atoms with Gasteiger partial charge in [-0.15, -0.1) is 0 Å². The van der Waals surface area contributed by atoms with Gasteiger partial charge in [-0.1, -0.05) is 115 Å². The quantitative estimate of drug-likeness (QED) is 0.128. The van der Waals surface area contributed by atoms with Crippen molar-refractivity contribution in [3.05, 3.63) is 189 Å². The first-order valence-corrected chi connectivity index (χ1v) is 18.0. The molecule has 0 aliphatic rings. The highest BCUT2D eigenvalue weighted by molar-refractivity contribution is 6.16. The molecule has 0 unspecified atom stereocenters. The minimum Gasteiger partial charge on any atom is -0.265 e. The van der Waals surface area contributed by atoms with Crippen molar-refractivity contribution in [3.63, 3.8) is 0 Å². The molecule has 0 fully saturated rings. The Kier molecular flexibility index (Phi) is 7.73. The first-order chi connectivity index (χ1) is 26.7. The van der Waals surface area contributed by atoms with Crippen molar-refractivity contribution >= 4 is 32.7 Å². The average molecular weight is 690 g/mol. The van der Waals surface area contributed by atoms with Crippen LogP contribution in [-0.4, -0.2) is 24.9 Å². The largest absolute Gasteiger partial charge is 0.265 e. The lowest BCUT2D eigenvalue weighted by atomic mass is 9.95. The maximum absolute atomic E-state index is 5.39. The summed E-state index contributed by atoms with van der Waals surface area (Å²) in [6, 6.07) is 57.1. The van der Waals surface area contributed by atoms with Crippen LogP contribution in [0.2, 0.25) is 0 Å². The van der Waals surface area contributed by atoms with E-state index in [2.05, 4.69) is 143 Å². The Balaban J connectivity index is 1.15. The molecule has 0 atom stereocenters. The fourth-order valence-electron chi connectivity index (χ4n) is 7.34. The van der Waals surface area contributed by atoms with E-state index in [4.69, 9.17) is 15.0 Å². The van der Waals surface area contributed by atoms with Gasteiger partial charge < -0.3 is 0 Å². The number of aromatic nitrogens is 5. The number of pyridine rings is 5. The number of hydrogen-bond donors (Lipinski definition) is 0. The molecule has 5 heteroatoms. The maximum atomic E-state index is 5.39. The Hall–Kier alpha value is -7.37. The Labute approximate surface area is 312 Å². The molecule has 5 aromatic heterocycles. The SMILES string of the molecule is c1ccc(-c2c3ccccc3nc3c2ccc2ccc(-c4cc(-c5ccc(-c6ccncc6)cc5)nc(-c5ccc(-c6ccncc6)cc5)c4)nc23)cc1. The van der Waals surface area contributed by atoms with Crippen LogP contribution in [0.4, 0.5) is 0 Å². The molecule has 54 heavy (non-hydrogen) atoms. The van der Waals surface area contributed by atoms with Crippen molar-refractivity contribution < 1.29 is 0 Å². The highest BCUT2D eigenvalue weighted by atomic mass is 14.8. The van der Waals surface area contributed by atoms with Crippen molar-refractivity contribution in [2.75, 3.05) is 0 Å². The van der Waals surface area contributed by atoms with Crippen molar-refractivity contribution in [3.8, 4) is 67.2 Å². The molecule has 10 rings (SSSR count). The van der Waals surface area contributed by atoms with Crippen molar-refractivity contribution in [1.82, 2.24) is 24.9 Å². The minimum absolute atomic E-state index is 0.859. The van der Waals surface area contributed by atoms with Gasteiger partial charge in [-0.05, 0) is 76.3 Å². The summed E-state index contributed by atoms with van der Waals surface area (Å²) in [5, 5.41) is 3.25. The third-order valence-corrected chi connectivity index (χ3v) is 10.1. The highest BCUT2D eigenvalue weighted by Crippen LogP contribution is 2.38. The van der Waals surface area contributed by atoms with Crippen LogP contribution in [0.3, 0.4) is 0 Å². The summed E-state index contributed by atoms with van der Waals surface area (Å²) < 4.78 is 0. The number of hydrogen-bond acceptors (Lipinski definition) is 5. The summed E-state index contributed by atoms with van der Waals surface area (Å²) in [5.41, 5.74) is 15.2. The van der Waals surface area contributed by atoms with Crippen LogP contribution in [0, 0.1) is 0 Å². The van der Waals surface area contributed by atoms with E-state index >= 15 is 0 Å². The predicted molar refractivity (Wildman–Crippen MR) is 221 cm³/mol. The van der Waals surface area contributed by atoms with Crippen LogP contribution >= 0.6 is 0 Å². The summed E-state index contributed by atoms with van der Waals surface area (Å²) in [7, 11) is 0. The van der Waals surface area contributed by atoms with E-state index in [9.17, 15) is 0 Å². The second kappa shape index (κ2) is 13.3. The lowest BCUT2D eigenvalue weighted by Crippen LogP contribution is -1.95. The maximum Gasteiger partial charge on any atom is 0.0978 e. The van der Waals surface area contributed by atoms with E-state index in [1.54, 1.807) is 0 Å². The minimum atomic E-state index is 0.859. The summed E-state index contributed by atoms with van der Waals surface area (Å²) in [4.78, 5) is 24.2. The number of benzene rings is 5. The van der Waals surface area contributed by atoms with E-state index in [0.29, 0.717) is 0 Å². The van der Waals surface area contributed by atoms with E-state index in [1.165, 1.54) is 5.56 Å². The van der Waals surface area contributed by atoms with Gasteiger partial charge in [-0.3, -0.25) is 9.97 Å². The molecule has 0 saturated heterocycles. The van der Waals surface area contributed by atoms with Gasteiger partial charge in [0.1, 0.15) is 0 Å². The molecule has 252 valence electrons. The summed E-state index contributed by atoms with van der Waals surface area (Å²) in [6.45, 7) is 0. The molecular weight excluding hydrogens is 659 g/mol. The number of nitrogens with zero attached hydrogens (tertiary/aromatic N) is 5. The second-order valence-electron chi connectivity index (χ2n) is 13.4. The van der Waals surface area contributed by atoms with Gasteiger partial charge in [0.2, 0.25) is 0 Å². The molecule has 0 saturated carbocycles. The zero-order chi connectivity index (χ0) is 35.8. The summed E-state index contributed by atoms with van der Waals surface area (Å²) in [6.07, 6.45) is 7.28. The van der Waals surface area contributed by atoms with E-state index in [0.717, 1.165) is 94.3 Å². The Morgan fingerprint density at radius 3 is 1.46 bits per heavy atom. The van der Waals surface area contributed by atoms with Gasteiger partial charge in [0, 0.05) is 63.2 Å². The molecule has 0 aliphatic heterocycles. The summed E-state index contributed by atoms with van der Waals surface area (Å²) in [5.74, 6) is 0. The van der Waals surface area contributed by atoms with Crippen LogP contribution in [-0.2, 0) is 0 Å². The fraction of sp³-hybridized carbons (Fsp3) is 0. The van der Waals surface area contributed by atoms with Gasteiger partial charge in [-0.2, -0.15) is 0 Å². The lowest BCUT2D eigenvalue weighted by Gasteiger charge is -2.14. The molecule has 0 aliphatic carbocycles. The normalized spacial score (nSPS) is 11.3. The second-order valence-corrected chi connectivity index (χ2v) is 13.4. The number of para-hydroxylation sites is 1. The van der Waals surface area contributed by atoms with Crippen LogP contribution in [0.5, 0.6) is 0 Å². The smallest absolute Gasteiger partial charge is 0.0978 e. The van der Waals surface area contributed by atoms with Gasteiger partial charge in [0.25, 0.3) is 0 Å². The van der Waals surface area contributed by atoms with Crippen LogP contribution in [0.1, 0.15) is 0 Å². The summed E-state index contributed by atoms with van der Waals surface area (Å²) >= 11 is 0. The molecule has 5 nitrogen and oxygen atoms in total. The zero-order valence-corrected chi connectivity index (χ0v) is 29.1. The van der Waals surface area contributed by atoms with Crippen molar-refractivity contribution in [2.45, 2.75) is 0 Å². The molecule has 5 heterocycles.